The van der Waals surface area contributed by atoms with Crippen molar-refractivity contribution in [2.45, 2.75) is 53.9 Å². The van der Waals surface area contributed by atoms with E-state index in [2.05, 4.69) is 59.8 Å². The zero-order chi connectivity index (χ0) is 20.9. The van der Waals surface area contributed by atoms with E-state index in [1.165, 1.54) is 11.9 Å². The first-order valence-corrected chi connectivity index (χ1v) is 10.0. The lowest BCUT2D eigenvalue weighted by molar-refractivity contribution is 0.0699. The molecule has 6 heteroatoms. The minimum atomic E-state index is -1.00. The van der Waals surface area contributed by atoms with Gasteiger partial charge in [-0.1, -0.05) is 40.7 Å². The third-order valence-corrected chi connectivity index (χ3v) is 5.11. The molecule has 0 aliphatic heterocycles. The first kappa shape index (κ1) is 21.7. The average molecular weight is 385 g/mol. The third kappa shape index (κ3) is 4.80. The summed E-state index contributed by atoms with van der Waals surface area (Å²) in [4.78, 5) is 25.4. The van der Waals surface area contributed by atoms with E-state index in [0.717, 1.165) is 31.4 Å². The lowest BCUT2D eigenvalue weighted by Gasteiger charge is -2.33. The minimum Gasteiger partial charge on any atom is -0.478 e. The molecule has 0 saturated heterocycles. The van der Waals surface area contributed by atoms with Gasteiger partial charge in [-0.25, -0.2) is 14.8 Å². The van der Waals surface area contributed by atoms with E-state index in [9.17, 15) is 9.90 Å². The van der Waals surface area contributed by atoms with Crippen molar-refractivity contribution in [3.8, 4) is 0 Å². The molecule has 152 valence electrons. The molecule has 0 aromatic carbocycles. The van der Waals surface area contributed by atoms with Crippen molar-refractivity contribution in [3.63, 3.8) is 0 Å². The predicted octanol–water partition coefficient (Wildman–Crippen LogP) is 5.11. The molecule has 0 bridgehead atoms. The monoisotopic (exact) mass is 384 g/mol. The Bertz CT molecular complexity index is 893. The highest BCUT2D eigenvalue weighted by atomic mass is 16.4. The van der Waals surface area contributed by atoms with Gasteiger partial charge in [-0.2, -0.15) is 0 Å². The van der Waals surface area contributed by atoms with Gasteiger partial charge in [-0.3, -0.25) is 0 Å². The van der Waals surface area contributed by atoms with Crippen LogP contribution in [0, 0.1) is 5.41 Å². The number of aromatic amines is 1. The molecule has 0 atom stereocenters. The SMILES string of the molecule is CC.CCC(C)(C)CN(C)C1=CC(c2cnc3[nH]cc(C(=O)O)c3n2)=CCC1. The Balaban J connectivity index is 0.00000136. The quantitative estimate of drug-likeness (QED) is 0.723. The fourth-order valence-electron chi connectivity index (χ4n) is 3.21. The molecule has 1 aliphatic rings. The largest absolute Gasteiger partial charge is 0.478 e. The van der Waals surface area contributed by atoms with E-state index in [1.807, 2.05) is 13.8 Å². The maximum Gasteiger partial charge on any atom is 0.339 e. The molecule has 0 radical (unpaired) electrons. The molecule has 0 unspecified atom stereocenters. The molecule has 2 heterocycles. The Morgan fingerprint density at radius 1 is 1.36 bits per heavy atom. The van der Waals surface area contributed by atoms with Gasteiger partial charge in [0.05, 0.1) is 11.9 Å². The maximum atomic E-state index is 11.3. The van der Waals surface area contributed by atoms with Gasteiger partial charge in [0, 0.05) is 25.5 Å². The van der Waals surface area contributed by atoms with Crippen molar-refractivity contribution in [1.82, 2.24) is 19.9 Å². The molecule has 1 aliphatic carbocycles. The molecule has 0 spiro atoms. The van der Waals surface area contributed by atoms with Crippen LogP contribution in [0.5, 0.6) is 0 Å². The van der Waals surface area contributed by atoms with Crippen LogP contribution in [-0.2, 0) is 0 Å². The molecular formula is C22H32N4O2. The fraction of sp³-hybridized carbons (Fsp3) is 0.500. The van der Waals surface area contributed by atoms with Gasteiger partial charge in [0.2, 0.25) is 0 Å². The summed E-state index contributed by atoms with van der Waals surface area (Å²) < 4.78 is 0. The number of carboxylic acid groups (broad SMARTS) is 1. The number of aromatic nitrogens is 3. The summed E-state index contributed by atoms with van der Waals surface area (Å²) in [6.07, 6.45) is 10.5. The van der Waals surface area contributed by atoms with Crippen LogP contribution in [-0.4, -0.2) is 44.5 Å². The van der Waals surface area contributed by atoms with Gasteiger partial charge < -0.3 is 15.0 Å². The van der Waals surface area contributed by atoms with Gasteiger partial charge in [-0.05, 0) is 36.3 Å². The Morgan fingerprint density at radius 2 is 2.07 bits per heavy atom. The van der Waals surface area contributed by atoms with Crippen molar-refractivity contribution >= 4 is 22.7 Å². The number of hydrogen-bond donors (Lipinski definition) is 2. The van der Waals surface area contributed by atoms with Crippen LogP contribution >= 0.6 is 0 Å². The number of aromatic carboxylic acids is 1. The molecular weight excluding hydrogens is 352 g/mol. The fourth-order valence-corrected chi connectivity index (χ4v) is 3.21. The number of rotatable bonds is 6. The standard InChI is InChI=1S/C20H26N4O2.C2H6/c1-5-20(2,3)12-24(4)14-8-6-7-13(9-14)16-11-22-18-17(23-16)15(10-21-18)19(25)26;1-2/h7,9-11H,5-6,8,12H2,1-4H3,(H,21,22)(H,25,26);1-2H3. The minimum absolute atomic E-state index is 0.150. The number of H-pyrrole nitrogens is 1. The average Bonchev–Trinajstić information content (AvgIpc) is 3.13. The van der Waals surface area contributed by atoms with Crippen molar-refractivity contribution < 1.29 is 9.90 Å². The van der Waals surface area contributed by atoms with Crippen LogP contribution < -0.4 is 0 Å². The Morgan fingerprint density at radius 3 is 2.71 bits per heavy atom. The number of allylic oxidation sites excluding steroid dienone is 4. The van der Waals surface area contributed by atoms with Crippen LogP contribution in [0.4, 0.5) is 0 Å². The van der Waals surface area contributed by atoms with Gasteiger partial charge in [0.25, 0.3) is 0 Å². The van der Waals surface area contributed by atoms with Gasteiger partial charge in [-0.15, -0.1) is 0 Å². The first-order chi connectivity index (χ1) is 13.3. The van der Waals surface area contributed by atoms with Crippen molar-refractivity contribution in [1.29, 1.82) is 0 Å². The van der Waals surface area contributed by atoms with Gasteiger partial charge in [0.1, 0.15) is 11.1 Å². The highest BCUT2D eigenvalue weighted by Gasteiger charge is 2.21. The van der Waals surface area contributed by atoms with Gasteiger partial charge >= 0.3 is 5.97 Å². The second-order valence-corrected chi connectivity index (χ2v) is 7.67. The van der Waals surface area contributed by atoms with E-state index in [0.29, 0.717) is 16.9 Å². The van der Waals surface area contributed by atoms with E-state index < -0.39 is 5.97 Å². The molecule has 2 N–H and O–H groups in total. The normalized spacial score (nSPS) is 14.1. The van der Waals surface area contributed by atoms with Crippen LogP contribution in [0.15, 0.2) is 30.2 Å². The van der Waals surface area contributed by atoms with Crippen LogP contribution in [0.25, 0.3) is 16.7 Å². The number of hydrogen-bond acceptors (Lipinski definition) is 4. The topological polar surface area (TPSA) is 82.1 Å². The molecule has 3 rings (SSSR count). The zero-order valence-corrected chi connectivity index (χ0v) is 17.8. The smallest absolute Gasteiger partial charge is 0.339 e. The number of nitrogens with one attached hydrogen (secondary N) is 1. The van der Waals surface area contributed by atoms with Crippen molar-refractivity contribution in [2.24, 2.45) is 5.41 Å². The molecule has 0 saturated carbocycles. The Hall–Kier alpha value is -2.63. The summed E-state index contributed by atoms with van der Waals surface area (Å²) in [5, 5.41) is 9.30. The summed E-state index contributed by atoms with van der Waals surface area (Å²) in [6.45, 7) is 11.8. The van der Waals surface area contributed by atoms with E-state index >= 15 is 0 Å². The molecule has 2 aromatic rings. The first-order valence-electron chi connectivity index (χ1n) is 10.0. The Labute approximate surface area is 167 Å². The highest BCUT2D eigenvalue weighted by molar-refractivity contribution is 6.00. The van der Waals surface area contributed by atoms with Crippen molar-refractivity contribution in [3.05, 3.63) is 41.5 Å². The van der Waals surface area contributed by atoms with Crippen molar-refractivity contribution in [2.75, 3.05) is 13.6 Å². The number of carbonyl (C=O) groups is 1. The van der Waals surface area contributed by atoms with Crippen LogP contribution in [0.1, 0.15) is 69.9 Å². The number of carboxylic acids is 1. The second kappa shape index (κ2) is 9.04. The molecule has 28 heavy (non-hydrogen) atoms. The molecule has 6 nitrogen and oxygen atoms in total. The molecule has 0 fully saturated rings. The summed E-state index contributed by atoms with van der Waals surface area (Å²) in [6, 6.07) is 0. The summed E-state index contributed by atoms with van der Waals surface area (Å²) >= 11 is 0. The summed E-state index contributed by atoms with van der Waals surface area (Å²) in [5.74, 6) is -1.00. The highest BCUT2D eigenvalue weighted by Crippen LogP contribution is 2.29. The lowest BCUT2D eigenvalue weighted by Crippen LogP contribution is -2.30. The van der Waals surface area contributed by atoms with E-state index in [4.69, 9.17) is 0 Å². The molecule has 0 amide bonds. The maximum absolute atomic E-state index is 11.3. The number of nitrogens with zero attached hydrogens (tertiary/aromatic N) is 3. The van der Waals surface area contributed by atoms with Crippen LogP contribution in [0.3, 0.4) is 0 Å². The predicted molar refractivity (Wildman–Crippen MR) is 114 cm³/mol. The zero-order valence-electron chi connectivity index (χ0n) is 17.8. The van der Waals surface area contributed by atoms with Gasteiger partial charge in [0.15, 0.2) is 5.65 Å². The lowest BCUT2D eigenvalue weighted by atomic mass is 9.89. The third-order valence-electron chi connectivity index (χ3n) is 5.11. The Kier molecular flexibility index (Phi) is 7.00. The summed E-state index contributed by atoms with van der Waals surface area (Å²) in [7, 11) is 2.13. The second-order valence-electron chi connectivity index (χ2n) is 7.67. The summed E-state index contributed by atoms with van der Waals surface area (Å²) in [5.41, 5.74) is 4.29. The van der Waals surface area contributed by atoms with E-state index in [-0.39, 0.29) is 11.0 Å². The van der Waals surface area contributed by atoms with E-state index in [1.54, 1.807) is 6.20 Å². The number of fused-ring (bicyclic) bond motifs is 1. The molecule has 2 aromatic heterocycles. The van der Waals surface area contributed by atoms with Crippen LogP contribution in [0.2, 0.25) is 0 Å².